The lowest BCUT2D eigenvalue weighted by Crippen LogP contribution is -2.19. The van der Waals surface area contributed by atoms with Crippen molar-refractivity contribution >= 4 is 23.1 Å². The first-order chi connectivity index (χ1) is 14.9. The van der Waals surface area contributed by atoms with Gasteiger partial charge in [-0.15, -0.1) is 0 Å². The maximum Gasteiger partial charge on any atom is 0.270 e. The Hall–Kier alpha value is -4.40. The van der Waals surface area contributed by atoms with E-state index in [4.69, 9.17) is 0 Å². The molecule has 9 heteroatoms. The summed E-state index contributed by atoms with van der Waals surface area (Å²) < 4.78 is 0. The first-order valence-corrected chi connectivity index (χ1v) is 9.29. The number of nitro benzene ring substituents is 2. The predicted molar refractivity (Wildman–Crippen MR) is 110 cm³/mol. The van der Waals surface area contributed by atoms with Crippen molar-refractivity contribution in [1.29, 1.82) is 0 Å². The molecule has 1 fully saturated rings. The maximum absolute atomic E-state index is 13.1. The highest BCUT2D eigenvalue weighted by atomic mass is 16.6. The summed E-state index contributed by atoms with van der Waals surface area (Å²) in [6, 6.07) is 17.8. The quantitative estimate of drug-likeness (QED) is 0.259. The van der Waals surface area contributed by atoms with Crippen LogP contribution in [0.25, 0.3) is 0 Å². The van der Waals surface area contributed by atoms with Crippen molar-refractivity contribution in [3.63, 3.8) is 0 Å². The second-order valence-corrected chi connectivity index (χ2v) is 6.99. The van der Waals surface area contributed by atoms with Crippen molar-refractivity contribution in [1.82, 2.24) is 4.90 Å². The second-order valence-electron chi connectivity index (χ2n) is 6.99. The maximum atomic E-state index is 13.1. The summed E-state index contributed by atoms with van der Waals surface area (Å²) >= 11 is 0. The number of Topliss-reactive ketones (excluding diaryl/α,β-unsaturated/α-hetero) is 1. The van der Waals surface area contributed by atoms with Crippen LogP contribution < -0.4 is 0 Å². The van der Waals surface area contributed by atoms with E-state index in [1.165, 1.54) is 41.3 Å². The molecule has 0 aliphatic carbocycles. The van der Waals surface area contributed by atoms with E-state index in [9.17, 15) is 29.8 Å². The van der Waals surface area contributed by atoms with E-state index in [0.29, 0.717) is 11.1 Å². The fourth-order valence-corrected chi connectivity index (χ4v) is 3.59. The Morgan fingerprint density at radius 2 is 1.32 bits per heavy atom. The summed E-state index contributed by atoms with van der Waals surface area (Å²) in [5.41, 5.74) is 0.510. The van der Waals surface area contributed by atoms with Gasteiger partial charge in [0.05, 0.1) is 15.9 Å². The van der Waals surface area contributed by atoms with Crippen molar-refractivity contribution < 1.29 is 19.4 Å². The average Bonchev–Trinajstić information content (AvgIpc) is 3.54. The van der Waals surface area contributed by atoms with Gasteiger partial charge in [0, 0.05) is 35.4 Å². The lowest BCUT2D eigenvalue weighted by Gasteiger charge is -2.05. The van der Waals surface area contributed by atoms with Crippen molar-refractivity contribution in [2.24, 2.45) is 0 Å². The summed E-state index contributed by atoms with van der Waals surface area (Å²) in [5.74, 6) is -0.870. The molecule has 31 heavy (non-hydrogen) atoms. The van der Waals surface area contributed by atoms with Crippen LogP contribution in [0.1, 0.15) is 32.3 Å². The average molecular weight is 417 g/mol. The molecule has 1 saturated heterocycles. The number of amides is 1. The molecule has 0 bridgehead atoms. The van der Waals surface area contributed by atoms with Gasteiger partial charge in [-0.05, 0) is 11.6 Å². The van der Waals surface area contributed by atoms with Crippen LogP contribution in [0.15, 0.2) is 78.9 Å². The lowest BCUT2D eigenvalue weighted by atomic mass is 10.0. The number of hydrogen-bond donors (Lipinski definition) is 0. The molecule has 0 saturated carbocycles. The molecule has 0 radical (unpaired) electrons. The van der Waals surface area contributed by atoms with Crippen LogP contribution in [-0.2, 0) is 0 Å². The molecule has 154 valence electrons. The molecule has 2 atom stereocenters. The van der Waals surface area contributed by atoms with Gasteiger partial charge in [0.1, 0.15) is 6.04 Å². The lowest BCUT2D eigenvalue weighted by molar-refractivity contribution is -0.385. The van der Waals surface area contributed by atoms with Crippen LogP contribution in [-0.4, -0.2) is 32.5 Å². The smallest absolute Gasteiger partial charge is 0.270 e. The Morgan fingerprint density at radius 1 is 0.742 bits per heavy atom. The van der Waals surface area contributed by atoms with Crippen LogP contribution in [0.4, 0.5) is 11.4 Å². The highest BCUT2D eigenvalue weighted by Gasteiger charge is 2.56. The molecule has 1 aliphatic heterocycles. The predicted octanol–water partition coefficient (Wildman–Crippen LogP) is 3.95. The molecule has 4 rings (SSSR count). The molecule has 1 aliphatic rings. The van der Waals surface area contributed by atoms with E-state index >= 15 is 0 Å². The minimum atomic E-state index is -0.865. The Balaban J connectivity index is 1.73. The van der Waals surface area contributed by atoms with Crippen molar-refractivity contribution in [2.45, 2.75) is 12.1 Å². The Labute approximate surface area is 175 Å². The van der Waals surface area contributed by atoms with Gasteiger partial charge >= 0.3 is 0 Å². The number of carbonyl (C=O) groups is 2. The molecule has 0 spiro atoms. The van der Waals surface area contributed by atoms with Crippen molar-refractivity contribution in [2.75, 3.05) is 0 Å². The van der Waals surface area contributed by atoms with Crippen molar-refractivity contribution in [3.05, 3.63) is 116 Å². The zero-order valence-electron chi connectivity index (χ0n) is 16.0. The third kappa shape index (κ3) is 3.76. The van der Waals surface area contributed by atoms with Gasteiger partial charge in [-0.25, -0.2) is 0 Å². The highest BCUT2D eigenvalue weighted by Crippen LogP contribution is 2.46. The molecule has 1 amide bonds. The number of nitro groups is 2. The van der Waals surface area contributed by atoms with Gasteiger partial charge < -0.3 is 4.90 Å². The number of ketones is 1. The molecule has 1 heterocycles. The third-order valence-electron chi connectivity index (χ3n) is 5.10. The highest BCUT2D eigenvalue weighted by molar-refractivity contribution is 6.08. The van der Waals surface area contributed by atoms with Crippen LogP contribution in [0, 0.1) is 20.2 Å². The summed E-state index contributed by atoms with van der Waals surface area (Å²) in [6.07, 6.45) is 0. The van der Waals surface area contributed by atoms with E-state index in [1.54, 1.807) is 36.4 Å². The number of rotatable bonds is 6. The molecule has 0 aromatic heterocycles. The first-order valence-electron chi connectivity index (χ1n) is 9.29. The summed E-state index contributed by atoms with van der Waals surface area (Å²) in [6.45, 7) is 0. The number of nitrogens with zero attached hydrogens (tertiary/aromatic N) is 3. The van der Waals surface area contributed by atoms with E-state index in [1.807, 2.05) is 0 Å². The van der Waals surface area contributed by atoms with Gasteiger partial charge in [0.15, 0.2) is 5.78 Å². The Bertz CT molecular complexity index is 1210. The topological polar surface area (TPSA) is 123 Å². The van der Waals surface area contributed by atoms with Gasteiger partial charge in [-0.2, -0.15) is 0 Å². The summed E-state index contributed by atoms with van der Waals surface area (Å²) in [4.78, 5) is 48.6. The fraction of sp³-hybridized carbons (Fsp3) is 0.0909. The van der Waals surface area contributed by atoms with Crippen LogP contribution in [0.5, 0.6) is 0 Å². The molecule has 0 N–H and O–H groups in total. The molecule has 3 aromatic rings. The zero-order chi connectivity index (χ0) is 22.1. The van der Waals surface area contributed by atoms with E-state index in [-0.39, 0.29) is 22.7 Å². The standard InChI is InChI=1S/C22H15N3O6/c26-21(14-6-2-1-3-7-14)20-19(15-8-4-10-17(12-15)24(28)29)23(20)22(27)16-9-5-11-18(13-16)25(30)31/h1-13,19-20H/t19-,20+,23?/m1/s1. The van der Waals surface area contributed by atoms with Crippen LogP contribution >= 0.6 is 0 Å². The third-order valence-corrected chi connectivity index (χ3v) is 5.10. The van der Waals surface area contributed by atoms with Crippen molar-refractivity contribution in [3.8, 4) is 0 Å². The van der Waals surface area contributed by atoms with Gasteiger partial charge in [0.2, 0.25) is 0 Å². The largest absolute Gasteiger partial charge is 0.316 e. The van der Waals surface area contributed by atoms with E-state index in [2.05, 4.69) is 0 Å². The number of non-ortho nitro benzene ring substituents is 2. The first kappa shape index (κ1) is 19.9. The second kappa shape index (κ2) is 7.79. The van der Waals surface area contributed by atoms with Gasteiger partial charge in [-0.1, -0.05) is 48.5 Å². The molecular weight excluding hydrogens is 402 g/mol. The Morgan fingerprint density at radius 3 is 1.97 bits per heavy atom. The van der Waals surface area contributed by atoms with Gasteiger partial charge in [0.25, 0.3) is 17.3 Å². The van der Waals surface area contributed by atoms with Crippen LogP contribution in [0.2, 0.25) is 0 Å². The SMILES string of the molecule is O=C(c1ccccc1)[C@@H]1[C@@H](c2cccc([N+](=O)[O-])c2)N1C(=O)c1cccc([N+](=O)[O-])c1. The van der Waals surface area contributed by atoms with Gasteiger partial charge in [-0.3, -0.25) is 29.8 Å². The van der Waals surface area contributed by atoms with Crippen LogP contribution in [0.3, 0.4) is 0 Å². The Kier molecular flexibility index (Phi) is 5.00. The van der Waals surface area contributed by atoms with E-state index < -0.39 is 27.8 Å². The zero-order valence-corrected chi connectivity index (χ0v) is 16.0. The monoisotopic (exact) mass is 417 g/mol. The minimum absolute atomic E-state index is 0.0630. The van der Waals surface area contributed by atoms with E-state index in [0.717, 1.165) is 6.07 Å². The summed E-state index contributed by atoms with van der Waals surface area (Å²) in [5, 5.41) is 22.2. The normalized spacial score (nSPS) is 17.1. The number of benzene rings is 3. The molecule has 3 aromatic carbocycles. The molecule has 9 nitrogen and oxygen atoms in total. The summed E-state index contributed by atoms with van der Waals surface area (Å²) in [7, 11) is 0. The number of carbonyl (C=O) groups excluding carboxylic acids is 2. The molecular formula is C22H15N3O6. The minimum Gasteiger partial charge on any atom is -0.316 e. The fourth-order valence-electron chi connectivity index (χ4n) is 3.59. The molecule has 0 unspecified atom stereocenters. The number of hydrogen-bond acceptors (Lipinski definition) is 6.